The third-order valence-electron chi connectivity index (χ3n) is 5.38. The second kappa shape index (κ2) is 9.52. The standard InChI is InChI=1S/C25H21IN2O4/c1-32-21-13-7-18(8-14-21)24(30)27(16-17-5-3-2-4-6-17)22-15-23(29)28(25(22)31)20-11-9-19(26)10-12-20/h2-14,22H,15-16H2,1H3. The first-order valence-electron chi connectivity index (χ1n) is 10.1. The zero-order valence-electron chi connectivity index (χ0n) is 17.4. The van der Waals surface area contributed by atoms with Gasteiger partial charge in [0.15, 0.2) is 0 Å². The number of amides is 3. The Labute approximate surface area is 199 Å². The second-order valence-corrected chi connectivity index (χ2v) is 8.66. The van der Waals surface area contributed by atoms with Gasteiger partial charge in [-0.2, -0.15) is 0 Å². The molecule has 162 valence electrons. The van der Waals surface area contributed by atoms with E-state index in [1.165, 1.54) is 9.80 Å². The highest BCUT2D eigenvalue weighted by Crippen LogP contribution is 2.28. The second-order valence-electron chi connectivity index (χ2n) is 7.41. The van der Waals surface area contributed by atoms with E-state index in [9.17, 15) is 14.4 Å². The summed E-state index contributed by atoms with van der Waals surface area (Å²) in [6, 6.07) is 22.5. The quantitative estimate of drug-likeness (QED) is 0.346. The van der Waals surface area contributed by atoms with Crippen molar-refractivity contribution in [3.05, 3.63) is 93.6 Å². The van der Waals surface area contributed by atoms with Crippen LogP contribution in [0.5, 0.6) is 5.75 Å². The molecule has 3 aromatic rings. The lowest BCUT2D eigenvalue weighted by Crippen LogP contribution is -2.45. The molecule has 0 saturated carbocycles. The minimum Gasteiger partial charge on any atom is -0.497 e. The molecule has 0 aliphatic carbocycles. The Hall–Kier alpha value is -3.20. The highest BCUT2D eigenvalue weighted by atomic mass is 127. The van der Waals surface area contributed by atoms with Crippen LogP contribution in [0.15, 0.2) is 78.9 Å². The van der Waals surface area contributed by atoms with Crippen LogP contribution in [0.1, 0.15) is 22.3 Å². The maximum absolute atomic E-state index is 13.5. The highest BCUT2D eigenvalue weighted by Gasteiger charge is 2.44. The molecular formula is C25H21IN2O4. The number of anilines is 1. The van der Waals surface area contributed by atoms with E-state index < -0.39 is 11.9 Å². The van der Waals surface area contributed by atoms with Crippen LogP contribution in [0.4, 0.5) is 5.69 Å². The lowest BCUT2D eigenvalue weighted by molar-refractivity contribution is -0.122. The molecule has 1 atom stereocenters. The zero-order valence-corrected chi connectivity index (χ0v) is 19.6. The van der Waals surface area contributed by atoms with Crippen LogP contribution in [0.3, 0.4) is 0 Å². The first kappa shape index (κ1) is 22.0. The van der Waals surface area contributed by atoms with E-state index in [0.717, 1.165) is 9.13 Å². The van der Waals surface area contributed by atoms with Crippen molar-refractivity contribution >= 4 is 46.0 Å². The van der Waals surface area contributed by atoms with E-state index in [0.29, 0.717) is 17.0 Å². The summed E-state index contributed by atoms with van der Waals surface area (Å²) in [4.78, 5) is 42.3. The predicted molar refractivity (Wildman–Crippen MR) is 129 cm³/mol. The monoisotopic (exact) mass is 540 g/mol. The normalized spacial score (nSPS) is 15.7. The van der Waals surface area contributed by atoms with Crippen molar-refractivity contribution in [3.63, 3.8) is 0 Å². The molecule has 1 aliphatic heterocycles. The Morgan fingerprint density at radius 3 is 2.28 bits per heavy atom. The topological polar surface area (TPSA) is 66.9 Å². The number of carbonyl (C=O) groups excluding carboxylic acids is 3. The number of nitrogens with zero attached hydrogens (tertiary/aromatic N) is 2. The molecule has 0 radical (unpaired) electrons. The van der Waals surface area contributed by atoms with E-state index in [2.05, 4.69) is 22.6 Å². The van der Waals surface area contributed by atoms with Crippen LogP contribution < -0.4 is 9.64 Å². The minimum atomic E-state index is -0.878. The van der Waals surface area contributed by atoms with Crippen LogP contribution in [0, 0.1) is 3.57 Å². The SMILES string of the molecule is COc1ccc(C(=O)N(Cc2ccccc2)C2CC(=O)N(c3ccc(I)cc3)C2=O)cc1. The average molecular weight is 540 g/mol. The molecule has 1 aliphatic rings. The van der Waals surface area contributed by atoms with Gasteiger partial charge in [-0.3, -0.25) is 14.4 Å². The van der Waals surface area contributed by atoms with E-state index >= 15 is 0 Å². The fourth-order valence-corrected chi connectivity index (χ4v) is 4.08. The fourth-order valence-electron chi connectivity index (χ4n) is 3.72. The largest absolute Gasteiger partial charge is 0.497 e. The number of hydrogen-bond acceptors (Lipinski definition) is 4. The number of hydrogen-bond donors (Lipinski definition) is 0. The first-order chi connectivity index (χ1) is 15.5. The van der Waals surface area contributed by atoms with E-state index in [1.54, 1.807) is 43.5 Å². The third kappa shape index (κ3) is 4.52. The van der Waals surface area contributed by atoms with Crippen molar-refractivity contribution in [3.8, 4) is 5.75 Å². The molecule has 0 aromatic heterocycles. The Morgan fingerprint density at radius 1 is 1.00 bits per heavy atom. The van der Waals surface area contributed by atoms with Gasteiger partial charge in [0.25, 0.3) is 11.8 Å². The number of rotatable bonds is 6. The third-order valence-corrected chi connectivity index (χ3v) is 6.10. The Morgan fingerprint density at radius 2 is 1.66 bits per heavy atom. The van der Waals surface area contributed by atoms with Gasteiger partial charge in [0, 0.05) is 15.7 Å². The smallest absolute Gasteiger partial charge is 0.257 e. The molecule has 1 saturated heterocycles. The van der Waals surface area contributed by atoms with Crippen LogP contribution >= 0.6 is 22.6 Å². The molecule has 6 nitrogen and oxygen atoms in total. The number of halogens is 1. The molecular weight excluding hydrogens is 519 g/mol. The summed E-state index contributed by atoms with van der Waals surface area (Å²) in [5.41, 5.74) is 1.82. The predicted octanol–water partition coefficient (Wildman–Crippen LogP) is 4.27. The molecule has 0 spiro atoms. The molecule has 3 aromatic carbocycles. The Bertz CT molecular complexity index is 1130. The summed E-state index contributed by atoms with van der Waals surface area (Å²) < 4.78 is 6.18. The van der Waals surface area contributed by atoms with Gasteiger partial charge in [-0.1, -0.05) is 30.3 Å². The first-order valence-corrected chi connectivity index (χ1v) is 11.2. The lowest BCUT2D eigenvalue weighted by atomic mass is 10.1. The van der Waals surface area contributed by atoms with Crippen LogP contribution in [0.25, 0.3) is 0 Å². The summed E-state index contributed by atoms with van der Waals surface area (Å²) >= 11 is 2.17. The molecule has 1 unspecified atom stereocenters. The Balaban J connectivity index is 1.67. The van der Waals surface area contributed by atoms with E-state index in [-0.39, 0.29) is 24.8 Å². The Kier molecular flexibility index (Phi) is 6.55. The van der Waals surface area contributed by atoms with Crippen molar-refractivity contribution in [1.29, 1.82) is 0 Å². The van der Waals surface area contributed by atoms with Gasteiger partial charge in [0.1, 0.15) is 11.8 Å². The fraction of sp³-hybridized carbons (Fsp3) is 0.160. The number of methoxy groups -OCH3 is 1. The summed E-state index contributed by atoms with van der Waals surface area (Å²) in [6.07, 6.45) is -0.0560. The van der Waals surface area contributed by atoms with Crippen LogP contribution in [-0.2, 0) is 16.1 Å². The highest BCUT2D eigenvalue weighted by molar-refractivity contribution is 14.1. The zero-order chi connectivity index (χ0) is 22.7. The van der Waals surface area contributed by atoms with Gasteiger partial charge in [0.05, 0.1) is 19.2 Å². The number of imide groups is 1. The molecule has 4 rings (SSSR count). The summed E-state index contributed by atoms with van der Waals surface area (Å²) in [7, 11) is 1.56. The number of carbonyl (C=O) groups is 3. The molecule has 7 heteroatoms. The molecule has 0 N–H and O–H groups in total. The van der Waals surface area contributed by atoms with Gasteiger partial charge in [0.2, 0.25) is 5.91 Å². The number of ether oxygens (including phenoxy) is 1. The molecule has 3 amide bonds. The van der Waals surface area contributed by atoms with E-state index in [4.69, 9.17) is 4.74 Å². The van der Waals surface area contributed by atoms with Gasteiger partial charge >= 0.3 is 0 Å². The van der Waals surface area contributed by atoms with Crippen molar-refractivity contribution in [2.75, 3.05) is 12.0 Å². The maximum Gasteiger partial charge on any atom is 0.257 e. The van der Waals surface area contributed by atoms with Crippen molar-refractivity contribution in [1.82, 2.24) is 4.90 Å². The maximum atomic E-state index is 13.5. The molecule has 0 bridgehead atoms. The molecule has 1 heterocycles. The van der Waals surface area contributed by atoms with Crippen LogP contribution in [-0.4, -0.2) is 35.8 Å². The van der Waals surface area contributed by atoms with Gasteiger partial charge in [-0.05, 0) is 76.7 Å². The van der Waals surface area contributed by atoms with Crippen LogP contribution in [0.2, 0.25) is 0 Å². The molecule has 32 heavy (non-hydrogen) atoms. The molecule has 1 fully saturated rings. The summed E-state index contributed by atoms with van der Waals surface area (Å²) in [5, 5.41) is 0. The summed E-state index contributed by atoms with van der Waals surface area (Å²) in [5.74, 6) is -0.393. The van der Waals surface area contributed by atoms with Gasteiger partial charge in [-0.15, -0.1) is 0 Å². The van der Waals surface area contributed by atoms with Crippen molar-refractivity contribution in [2.45, 2.75) is 19.0 Å². The lowest BCUT2D eigenvalue weighted by Gasteiger charge is -2.28. The van der Waals surface area contributed by atoms with Crippen molar-refractivity contribution in [2.24, 2.45) is 0 Å². The van der Waals surface area contributed by atoms with Gasteiger partial charge in [-0.25, -0.2) is 4.90 Å². The minimum absolute atomic E-state index is 0.0560. The summed E-state index contributed by atoms with van der Waals surface area (Å²) in [6.45, 7) is 0.218. The van der Waals surface area contributed by atoms with E-state index in [1.807, 2.05) is 42.5 Å². The number of benzene rings is 3. The van der Waals surface area contributed by atoms with Crippen molar-refractivity contribution < 1.29 is 19.1 Å². The van der Waals surface area contributed by atoms with Gasteiger partial charge < -0.3 is 9.64 Å². The average Bonchev–Trinajstić information content (AvgIpc) is 3.12.